The first-order valence-corrected chi connectivity index (χ1v) is 9.90. The highest BCUT2D eigenvalue weighted by atomic mass is 16.5. The molecule has 1 heterocycles. The molecule has 0 spiro atoms. The van der Waals surface area contributed by atoms with Gasteiger partial charge in [-0.1, -0.05) is 32.0 Å². The number of esters is 1. The Hall–Kier alpha value is -3.17. The summed E-state index contributed by atoms with van der Waals surface area (Å²) in [5.74, 6) is -2.30. The zero-order valence-corrected chi connectivity index (χ0v) is 17.5. The molecule has 9 heteroatoms. The Labute approximate surface area is 180 Å². The molecule has 3 N–H and O–H groups in total. The first kappa shape index (κ1) is 22.5. The summed E-state index contributed by atoms with van der Waals surface area (Å²) in [6.07, 6.45) is 0. The summed E-state index contributed by atoms with van der Waals surface area (Å²) in [6.45, 7) is 5.56. The number of amides is 1. The minimum Gasteiger partial charge on any atom is -0.478 e. The molecule has 1 atom stereocenters. The minimum absolute atomic E-state index is 0.0424. The second-order valence-corrected chi connectivity index (χ2v) is 7.78. The number of carbonyl (C=O) groups excluding carboxylic acids is 2. The normalized spacial score (nSPS) is 13.6. The Kier molecular flexibility index (Phi) is 6.77. The largest absolute Gasteiger partial charge is 0.492 e. The van der Waals surface area contributed by atoms with Gasteiger partial charge in [-0.15, -0.1) is 0 Å². The van der Waals surface area contributed by atoms with E-state index >= 15 is 0 Å². The average molecular weight is 425 g/mol. The van der Waals surface area contributed by atoms with Crippen molar-refractivity contribution < 1.29 is 33.9 Å². The zero-order chi connectivity index (χ0) is 22.7. The van der Waals surface area contributed by atoms with E-state index < -0.39 is 31.0 Å². The molecule has 2 aromatic rings. The molecule has 0 saturated carbocycles. The highest BCUT2D eigenvalue weighted by molar-refractivity contribution is 6.62. The van der Waals surface area contributed by atoms with Crippen LogP contribution in [0.3, 0.4) is 0 Å². The summed E-state index contributed by atoms with van der Waals surface area (Å²) in [4.78, 5) is 36.4. The molecule has 162 valence electrons. The van der Waals surface area contributed by atoms with Gasteiger partial charge in [0.1, 0.15) is 12.6 Å². The van der Waals surface area contributed by atoms with Crippen LogP contribution in [0.25, 0.3) is 0 Å². The van der Waals surface area contributed by atoms with E-state index in [0.29, 0.717) is 22.2 Å². The van der Waals surface area contributed by atoms with Gasteiger partial charge in [-0.2, -0.15) is 0 Å². The van der Waals surface area contributed by atoms with Crippen molar-refractivity contribution in [1.29, 1.82) is 0 Å². The third-order valence-electron chi connectivity index (χ3n) is 5.28. The van der Waals surface area contributed by atoms with E-state index in [1.54, 1.807) is 45.0 Å². The number of hydrogen-bond donors (Lipinski definition) is 3. The summed E-state index contributed by atoms with van der Waals surface area (Å²) >= 11 is 0. The Morgan fingerprint density at radius 3 is 2.45 bits per heavy atom. The molecule has 0 aromatic heterocycles. The number of carboxylic acid groups (broad SMARTS) is 1. The molecule has 1 amide bonds. The number of hydrogen-bond acceptors (Lipinski definition) is 6. The molecule has 1 aliphatic heterocycles. The van der Waals surface area contributed by atoms with Crippen LogP contribution in [-0.2, 0) is 27.4 Å². The van der Waals surface area contributed by atoms with E-state index in [1.807, 2.05) is 0 Å². The van der Waals surface area contributed by atoms with Crippen LogP contribution >= 0.6 is 0 Å². The molecule has 8 nitrogen and oxygen atoms in total. The van der Waals surface area contributed by atoms with Crippen molar-refractivity contribution in [2.24, 2.45) is 5.92 Å². The lowest BCUT2D eigenvalue weighted by molar-refractivity contribution is -0.148. The fourth-order valence-corrected chi connectivity index (χ4v) is 3.46. The molecule has 0 saturated heterocycles. The maximum atomic E-state index is 12.9. The zero-order valence-electron chi connectivity index (χ0n) is 17.5. The summed E-state index contributed by atoms with van der Waals surface area (Å²) in [7, 11) is -1.07. The van der Waals surface area contributed by atoms with Crippen molar-refractivity contribution in [1.82, 2.24) is 5.32 Å². The number of ether oxygens (including phenoxy) is 1. The summed E-state index contributed by atoms with van der Waals surface area (Å²) in [5.41, 5.74) is 3.15. The van der Waals surface area contributed by atoms with E-state index in [9.17, 15) is 19.4 Å². The highest BCUT2D eigenvalue weighted by Crippen LogP contribution is 2.17. The van der Waals surface area contributed by atoms with Crippen LogP contribution in [0, 0.1) is 12.8 Å². The Bertz CT molecular complexity index is 1000. The lowest BCUT2D eigenvalue weighted by atomic mass is 9.75. The molecule has 2 aromatic carbocycles. The Balaban J connectivity index is 1.68. The van der Waals surface area contributed by atoms with Crippen LogP contribution in [0.2, 0.25) is 0 Å². The summed E-state index contributed by atoms with van der Waals surface area (Å²) in [6, 6.07) is 8.51. The minimum atomic E-state index is -1.07. The molecule has 0 radical (unpaired) electrons. The van der Waals surface area contributed by atoms with Gasteiger partial charge in [0.05, 0.1) is 12.2 Å². The maximum absolute atomic E-state index is 12.9. The van der Waals surface area contributed by atoms with Crippen LogP contribution < -0.4 is 10.8 Å². The van der Waals surface area contributed by atoms with Crippen LogP contribution in [-0.4, -0.2) is 41.1 Å². The number of carboxylic acids is 1. The summed E-state index contributed by atoms with van der Waals surface area (Å²) < 4.78 is 10.6. The van der Waals surface area contributed by atoms with E-state index in [-0.39, 0.29) is 24.7 Å². The van der Waals surface area contributed by atoms with Gasteiger partial charge in [-0.3, -0.25) is 4.79 Å². The first-order chi connectivity index (χ1) is 14.7. The van der Waals surface area contributed by atoms with Crippen molar-refractivity contribution in [2.45, 2.75) is 40.0 Å². The van der Waals surface area contributed by atoms with Crippen molar-refractivity contribution >= 4 is 30.4 Å². The van der Waals surface area contributed by atoms with Gasteiger partial charge in [0.2, 0.25) is 0 Å². The quantitative estimate of drug-likeness (QED) is 0.453. The lowest BCUT2D eigenvalue weighted by Gasteiger charge is -2.22. The van der Waals surface area contributed by atoms with E-state index in [2.05, 4.69) is 5.32 Å². The van der Waals surface area contributed by atoms with Gasteiger partial charge in [0.25, 0.3) is 5.91 Å². The van der Waals surface area contributed by atoms with Gasteiger partial charge in [-0.25, -0.2) is 9.59 Å². The second kappa shape index (κ2) is 9.32. The molecule has 31 heavy (non-hydrogen) atoms. The second-order valence-electron chi connectivity index (χ2n) is 7.78. The number of fused-ring (bicyclic) bond motifs is 1. The first-order valence-electron chi connectivity index (χ1n) is 9.90. The third-order valence-corrected chi connectivity index (χ3v) is 5.28. The smallest absolute Gasteiger partial charge is 0.478 e. The highest BCUT2D eigenvalue weighted by Gasteiger charge is 2.32. The molecule has 1 aliphatic rings. The van der Waals surface area contributed by atoms with E-state index in [4.69, 9.17) is 14.5 Å². The van der Waals surface area contributed by atoms with Crippen molar-refractivity contribution in [2.75, 3.05) is 0 Å². The van der Waals surface area contributed by atoms with Gasteiger partial charge in [-0.05, 0) is 53.2 Å². The summed E-state index contributed by atoms with van der Waals surface area (Å²) in [5, 5.41) is 21.7. The lowest BCUT2D eigenvalue weighted by Crippen LogP contribution is -2.46. The topological polar surface area (TPSA) is 122 Å². The molecule has 3 rings (SSSR count). The fourth-order valence-electron chi connectivity index (χ4n) is 3.46. The predicted molar refractivity (Wildman–Crippen MR) is 113 cm³/mol. The van der Waals surface area contributed by atoms with Crippen LogP contribution in [0.4, 0.5) is 0 Å². The number of benzene rings is 2. The van der Waals surface area contributed by atoms with Crippen molar-refractivity contribution in [3.63, 3.8) is 0 Å². The molecule has 0 fully saturated rings. The third kappa shape index (κ3) is 4.95. The SMILES string of the molecule is Cc1c(C(=O)N[C@H](C(=O)OCc2ccc(C(=O)O)cc2)C(C)C)ccc2c1B(O)OC2. The van der Waals surface area contributed by atoms with Gasteiger partial charge >= 0.3 is 19.1 Å². The molecule has 0 bridgehead atoms. The van der Waals surface area contributed by atoms with Crippen LogP contribution in [0.5, 0.6) is 0 Å². The monoisotopic (exact) mass is 425 g/mol. The molecule has 0 unspecified atom stereocenters. The van der Waals surface area contributed by atoms with Gasteiger partial charge in [0.15, 0.2) is 0 Å². The number of carbonyl (C=O) groups is 3. The standard InChI is InChI=1S/C22H24BNO7/c1-12(2)19(22(28)30-10-14-4-6-15(7-5-14)21(26)27)24-20(25)17-9-8-16-11-31-23(29)18(16)13(17)3/h4-9,12,19,29H,10-11H2,1-3H3,(H,24,25)(H,26,27)/t19-/m0/s1. The fraction of sp³-hybridized carbons (Fsp3) is 0.318. The number of rotatable bonds is 7. The Morgan fingerprint density at radius 2 is 1.84 bits per heavy atom. The Morgan fingerprint density at radius 1 is 1.16 bits per heavy atom. The number of aromatic carboxylic acids is 1. The van der Waals surface area contributed by atoms with Crippen molar-refractivity contribution in [3.05, 3.63) is 64.2 Å². The molecular formula is C22H24BNO7. The molecule has 0 aliphatic carbocycles. The molecular weight excluding hydrogens is 401 g/mol. The van der Waals surface area contributed by atoms with Crippen LogP contribution in [0.15, 0.2) is 36.4 Å². The van der Waals surface area contributed by atoms with Crippen LogP contribution in [0.1, 0.15) is 51.3 Å². The maximum Gasteiger partial charge on any atom is 0.492 e. The predicted octanol–water partition coefficient (Wildman–Crippen LogP) is 1.41. The van der Waals surface area contributed by atoms with Crippen molar-refractivity contribution in [3.8, 4) is 0 Å². The van der Waals surface area contributed by atoms with Gasteiger partial charge in [0, 0.05) is 5.56 Å². The van der Waals surface area contributed by atoms with E-state index in [1.165, 1.54) is 12.1 Å². The number of nitrogens with one attached hydrogen (secondary N) is 1. The van der Waals surface area contributed by atoms with Gasteiger partial charge < -0.3 is 24.8 Å². The van der Waals surface area contributed by atoms with E-state index in [0.717, 1.165) is 5.56 Å². The average Bonchev–Trinajstić information content (AvgIpc) is 3.12.